The van der Waals surface area contributed by atoms with E-state index >= 15 is 0 Å². The topological polar surface area (TPSA) is 76.3 Å². The molecule has 0 saturated carbocycles. The van der Waals surface area contributed by atoms with Gasteiger partial charge in [0.15, 0.2) is 0 Å². The van der Waals surface area contributed by atoms with Gasteiger partial charge in [0.25, 0.3) is 0 Å². The van der Waals surface area contributed by atoms with Crippen LogP contribution < -0.4 is 11.0 Å². The lowest BCUT2D eigenvalue weighted by molar-refractivity contribution is -0.124. The van der Waals surface area contributed by atoms with Gasteiger partial charge in [0.05, 0.1) is 11.0 Å². The average molecular weight is 411 g/mol. The van der Waals surface area contributed by atoms with E-state index in [0.29, 0.717) is 11.4 Å². The number of imidazole rings is 1. The SMILES string of the molecule is CNC(=O)C(CCC=O)n1c(=O)n(C)c2cc(C#CCC3CCN(C)CC3)ccc21. The summed E-state index contributed by atoms with van der Waals surface area (Å²) in [6.45, 7) is 2.26. The van der Waals surface area contributed by atoms with Crippen molar-refractivity contribution in [1.82, 2.24) is 19.4 Å². The monoisotopic (exact) mass is 410 g/mol. The Kier molecular flexibility index (Phi) is 7.11. The molecule has 3 rings (SSSR count). The number of carbonyl (C=O) groups excluding carboxylic acids is 2. The molecule has 0 aliphatic carbocycles. The summed E-state index contributed by atoms with van der Waals surface area (Å²) in [6, 6.07) is 4.90. The van der Waals surface area contributed by atoms with Crippen LogP contribution >= 0.6 is 0 Å². The molecule has 2 aromatic rings. The molecule has 7 heteroatoms. The van der Waals surface area contributed by atoms with Crippen molar-refractivity contribution in [1.29, 1.82) is 0 Å². The van der Waals surface area contributed by atoms with Gasteiger partial charge >= 0.3 is 5.69 Å². The molecule has 1 N–H and O–H groups in total. The number of aryl methyl sites for hydroxylation is 1. The van der Waals surface area contributed by atoms with Gasteiger partial charge in [-0.05, 0) is 63.5 Å². The Balaban J connectivity index is 1.88. The number of benzene rings is 1. The Morgan fingerprint density at radius 3 is 2.67 bits per heavy atom. The number of hydrogen-bond acceptors (Lipinski definition) is 4. The summed E-state index contributed by atoms with van der Waals surface area (Å²) in [4.78, 5) is 38.5. The molecule has 160 valence electrons. The van der Waals surface area contributed by atoms with Crippen molar-refractivity contribution in [3.63, 3.8) is 0 Å². The van der Waals surface area contributed by atoms with Gasteiger partial charge in [-0.2, -0.15) is 0 Å². The number of fused-ring (bicyclic) bond motifs is 1. The van der Waals surface area contributed by atoms with Gasteiger partial charge in [0.2, 0.25) is 5.91 Å². The molecule has 1 fully saturated rings. The molecule has 0 bridgehead atoms. The van der Waals surface area contributed by atoms with Crippen LogP contribution in [0.1, 0.15) is 43.7 Å². The molecule has 1 amide bonds. The molecule has 2 heterocycles. The highest BCUT2D eigenvalue weighted by Gasteiger charge is 2.24. The van der Waals surface area contributed by atoms with Gasteiger partial charge in [-0.25, -0.2) is 4.79 Å². The predicted octanol–water partition coefficient (Wildman–Crippen LogP) is 1.69. The van der Waals surface area contributed by atoms with Crippen LogP contribution in [-0.2, 0) is 16.6 Å². The second-order valence-electron chi connectivity index (χ2n) is 8.04. The quantitative estimate of drug-likeness (QED) is 0.581. The van der Waals surface area contributed by atoms with Crippen LogP contribution in [0.5, 0.6) is 0 Å². The molecule has 0 spiro atoms. The van der Waals surface area contributed by atoms with E-state index in [1.54, 1.807) is 7.05 Å². The minimum Gasteiger partial charge on any atom is -0.357 e. The maximum Gasteiger partial charge on any atom is 0.329 e. The van der Waals surface area contributed by atoms with Crippen LogP contribution in [0.4, 0.5) is 0 Å². The fourth-order valence-electron chi connectivity index (χ4n) is 4.08. The van der Waals surface area contributed by atoms with Gasteiger partial charge in [-0.3, -0.25) is 13.9 Å². The van der Waals surface area contributed by atoms with Crippen molar-refractivity contribution in [3.05, 3.63) is 34.2 Å². The number of likely N-dealkylation sites (tertiary alicyclic amines) is 1. The van der Waals surface area contributed by atoms with Crippen LogP contribution in [-0.4, -0.2) is 53.4 Å². The molecule has 1 atom stereocenters. The lowest BCUT2D eigenvalue weighted by Crippen LogP contribution is -2.36. The van der Waals surface area contributed by atoms with E-state index in [1.807, 2.05) is 18.2 Å². The molecule has 1 aromatic carbocycles. The number of amides is 1. The van der Waals surface area contributed by atoms with Gasteiger partial charge in [-0.15, -0.1) is 0 Å². The van der Waals surface area contributed by atoms with Crippen molar-refractivity contribution in [3.8, 4) is 11.8 Å². The first-order chi connectivity index (χ1) is 14.5. The van der Waals surface area contributed by atoms with E-state index in [0.717, 1.165) is 36.9 Å². The van der Waals surface area contributed by atoms with E-state index in [-0.39, 0.29) is 24.4 Å². The second-order valence-corrected chi connectivity index (χ2v) is 8.04. The zero-order valence-electron chi connectivity index (χ0n) is 18.0. The number of carbonyl (C=O) groups is 2. The van der Waals surface area contributed by atoms with Crippen molar-refractivity contribution >= 4 is 23.2 Å². The summed E-state index contributed by atoms with van der Waals surface area (Å²) in [6.07, 6.45) is 4.51. The molecule has 1 aliphatic heterocycles. The smallest absolute Gasteiger partial charge is 0.329 e. The Bertz CT molecular complexity index is 1030. The normalized spacial score (nSPS) is 16.1. The Hall–Kier alpha value is -2.85. The first kappa shape index (κ1) is 21.8. The number of aromatic nitrogens is 2. The number of rotatable bonds is 6. The Morgan fingerprint density at radius 2 is 2.00 bits per heavy atom. The van der Waals surface area contributed by atoms with Crippen molar-refractivity contribution < 1.29 is 9.59 Å². The summed E-state index contributed by atoms with van der Waals surface area (Å²) in [5, 5.41) is 2.60. The average Bonchev–Trinajstić information content (AvgIpc) is 3.00. The van der Waals surface area contributed by atoms with Gasteiger partial charge in [0, 0.05) is 32.5 Å². The van der Waals surface area contributed by atoms with E-state index in [2.05, 4.69) is 29.1 Å². The summed E-state index contributed by atoms with van der Waals surface area (Å²) in [5.74, 6) is 6.90. The maximum absolute atomic E-state index is 12.9. The van der Waals surface area contributed by atoms with Gasteiger partial charge in [0.1, 0.15) is 12.3 Å². The standard InChI is InChI=1S/C23H30N4O3/c1-24-22(29)20(8-5-15-28)27-19-10-9-18(16-21(19)26(3)23(27)30)7-4-6-17-11-13-25(2)14-12-17/h9-10,15-17,20H,5-6,8,11-14H2,1-3H3,(H,24,29). The fraction of sp³-hybridized carbons (Fsp3) is 0.522. The van der Waals surface area contributed by atoms with E-state index in [4.69, 9.17) is 0 Å². The summed E-state index contributed by atoms with van der Waals surface area (Å²) >= 11 is 0. The molecule has 1 unspecified atom stereocenters. The molecule has 1 saturated heterocycles. The Labute approximate surface area is 177 Å². The number of piperidine rings is 1. The highest BCUT2D eigenvalue weighted by Crippen LogP contribution is 2.22. The van der Waals surface area contributed by atoms with Gasteiger partial charge in [-0.1, -0.05) is 11.8 Å². The molecule has 30 heavy (non-hydrogen) atoms. The van der Waals surface area contributed by atoms with Crippen molar-refractivity contribution in [2.45, 2.75) is 38.1 Å². The van der Waals surface area contributed by atoms with E-state index in [9.17, 15) is 14.4 Å². The highest BCUT2D eigenvalue weighted by atomic mass is 16.2. The first-order valence-electron chi connectivity index (χ1n) is 10.5. The number of hydrogen-bond donors (Lipinski definition) is 1. The zero-order valence-corrected chi connectivity index (χ0v) is 18.0. The van der Waals surface area contributed by atoms with Crippen molar-refractivity contribution in [2.75, 3.05) is 27.2 Å². The minimum absolute atomic E-state index is 0.210. The van der Waals surface area contributed by atoms with Crippen LogP contribution in [0.15, 0.2) is 23.0 Å². The largest absolute Gasteiger partial charge is 0.357 e. The molecular weight excluding hydrogens is 380 g/mol. The highest BCUT2D eigenvalue weighted by molar-refractivity contribution is 5.84. The van der Waals surface area contributed by atoms with Crippen LogP contribution in [0.3, 0.4) is 0 Å². The number of nitrogens with one attached hydrogen (secondary N) is 1. The molecule has 0 radical (unpaired) electrons. The van der Waals surface area contributed by atoms with Crippen molar-refractivity contribution in [2.24, 2.45) is 13.0 Å². The van der Waals surface area contributed by atoms with Crippen LogP contribution in [0.2, 0.25) is 0 Å². The number of nitrogens with zero attached hydrogens (tertiary/aromatic N) is 3. The second kappa shape index (κ2) is 9.77. The molecule has 7 nitrogen and oxygen atoms in total. The lowest BCUT2D eigenvalue weighted by atomic mass is 9.94. The third-order valence-electron chi connectivity index (χ3n) is 5.97. The van der Waals surface area contributed by atoms with Crippen LogP contribution in [0.25, 0.3) is 11.0 Å². The first-order valence-corrected chi connectivity index (χ1v) is 10.5. The van der Waals surface area contributed by atoms with Crippen LogP contribution in [0, 0.1) is 17.8 Å². The number of likely N-dealkylation sites (N-methyl/N-ethyl adjacent to an activating group) is 1. The summed E-state index contributed by atoms with van der Waals surface area (Å²) in [7, 11) is 5.38. The van der Waals surface area contributed by atoms with E-state index < -0.39 is 6.04 Å². The zero-order chi connectivity index (χ0) is 21.7. The van der Waals surface area contributed by atoms with Gasteiger partial charge < -0.3 is 15.0 Å². The molecule has 1 aromatic heterocycles. The molecular formula is C23H30N4O3. The summed E-state index contributed by atoms with van der Waals surface area (Å²) < 4.78 is 3.02. The summed E-state index contributed by atoms with van der Waals surface area (Å²) in [5.41, 5.74) is 1.97. The fourth-order valence-corrected chi connectivity index (χ4v) is 4.08. The third kappa shape index (κ3) is 4.65. The third-order valence-corrected chi connectivity index (χ3v) is 5.97. The lowest BCUT2D eigenvalue weighted by Gasteiger charge is -2.27. The van der Waals surface area contributed by atoms with E-state index in [1.165, 1.54) is 29.0 Å². The minimum atomic E-state index is -0.724. The number of aldehydes is 1. The maximum atomic E-state index is 12.9. The predicted molar refractivity (Wildman–Crippen MR) is 117 cm³/mol. The Morgan fingerprint density at radius 1 is 1.27 bits per heavy atom. The molecule has 1 aliphatic rings.